The summed E-state index contributed by atoms with van der Waals surface area (Å²) in [6, 6.07) is 14.7. The highest BCUT2D eigenvalue weighted by atomic mass is 16.5. The third-order valence-corrected chi connectivity index (χ3v) is 5.39. The number of ether oxygens (including phenoxy) is 1. The predicted octanol–water partition coefficient (Wildman–Crippen LogP) is 1.92. The van der Waals surface area contributed by atoms with Gasteiger partial charge in [0, 0.05) is 56.7 Å². The van der Waals surface area contributed by atoms with E-state index < -0.39 is 11.8 Å². The molecule has 176 valence electrons. The van der Waals surface area contributed by atoms with Crippen molar-refractivity contribution in [1.29, 1.82) is 0 Å². The average molecular weight is 454 g/mol. The van der Waals surface area contributed by atoms with Crippen LogP contribution in [0.4, 0.5) is 17.1 Å². The number of amides is 3. The molecule has 3 N–H and O–H groups in total. The van der Waals surface area contributed by atoms with E-state index in [0.29, 0.717) is 17.9 Å². The Morgan fingerprint density at radius 3 is 2.21 bits per heavy atom. The largest absolute Gasteiger partial charge is 0.497 e. The van der Waals surface area contributed by atoms with Crippen molar-refractivity contribution in [2.75, 3.05) is 61.9 Å². The maximum atomic E-state index is 12.1. The van der Waals surface area contributed by atoms with Gasteiger partial charge in [-0.1, -0.05) is 6.07 Å². The zero-order chi connectivity index (χ0) is 23.6. The van der Waals surface area contributed by atoms with Crippen LogP contribution in [0.3, 0.4) is 0 Å². The van der Waals surface area contributed by atoms with Crippen LogP contribution >= 0.6 is 0 Å². The fourth-order valence-electron chi connectivity index (χ4n) is 3.67. The van der Waals surface area contributed by atoms with Crippen molar-refractivity contribution >= 4 is 34.8 Å². The van der Waals surface area contributed by atoms with Gasteiger partial charge in [0.25, 0.3) is 0 Å². The second kappa shape index (κ2) is 11.9. The van der Waals surface area contributed by atoms with Crippen molar-refractivity contribution in [2.45, 2.75) is 13.3 Å². The van der Waals surface area contributed by atoms with Crippen LogP contribution in [0, 0.1) is 0 Å². The summed E-state index contributed by atoms with van der Waals surface area (Å²) in [7, 11) is 1.66. The summed E-state index contributed by atoms with van der Waals surface area (Å²) in [6.07, 6.45) is 0.763. The molecule has 2 aromatic carbocycles. The Morgan fingerprint density at radius 2 is 1.58 bits per heavy atom. The minimum Gasteiger partial charge on any atom is -0.497 e. The molecule has 1 heterocycles. The Bertz CT molecular complexity index is 956. The highest BCUT2D eigenvalue weighted by Gasteiger charge is 2.18. The fourth-order valence-corrected chi connectivity index (χ4v) is 3.67. The summed E-state index contributed by atoms with van der Waals surface area (Å²) in [5.74, 6) is -0.766. The number of hydrogen-bond donors (Lipinski definition) is 3. The van der Waals surface area contributed by atoms with E-state index in [1.165, 1.54) is 12.6 Å². The van der Waals surface area contributed by atoms with Gasteiger partial charge in [0.05, 0.1) is 7.11 Å². The molecule has 1 saturated heterocycles. The van der Waals surface area contributed by atoms with Gasteiger partial charge in [0.1, 0.15) is 5.75 Å². The number of piperazine rings is 1. The van der Waals surface area contributed by atoms with Gasteiger partial charge in [-0.15, -0.1) is 0 Å². The van der Waals surface area contributed by atoms with E-state index in [9.17, 15) is 14.4 Å². The lowest BCUT2D eigenvalue weighted by atomic mass is 10.2. The van der Waals surface area contributed by atoms with Gasteiger partial charge in [-0.3, -0.25) is 19.3 Å². The smallest absolute Gasteiger partial charge is 0.313 e. The normalized spacial score (nSPS) is 13.8. The Balaban J connectivity index is 1.33. The van der Waals surface area contributed by atoms with Gasteiger partial charge in [-0.25, -0.2) is 0 Å². The molecule has 1 aliphatic heterocycles. The van der Waals surface area contributed by atoms with Crippen molar-refractivity contribution in [3.63, 3.8) is 0 Å². The molecule has 33 heavy (non-hydrogen) atoms. The van der Waals surface area contributed by atoms with Crippen LogP contribution in [-0.2, 0) is 14.4 Å². The molecule has 1 aliphatic rings. The van der Waals surface area contributed by atoms with E-state index in [0.717, 1.165) is 44.9 Å². The number of rotatable bonds is 8. The Hall–Kier alpha value is -3.59. The molecule has 0 aliphatic carbocycles. The third kappa shape index (κ3) is 7.50. The second-order valence-electron chi connectivity index (χ2n) is 7.85. The molecule has 0 unspecified atom stereocenters. The van der Waals surface area contributed by atoms with E-state index in [2.05, 4.69) is 37.9 Å². The van der Waals surface area contributed by atoms with Crippen LogP contribution in [0.2, 0.25) is 0 Å². The van der Waals surface area contributed by atoms with Crippen molar-refractivity contribution in [3.8, 4) is 5.75 Å². The standard InChI is InChI=1S/C24H31N5O4/c1-18(30)26-19-5-3-6-20(17-19)27-24(32)23(31)25-11-4-12-28-13-15-29(16-14-28)21-7-9-22(33-2)10-8-21/h3,5-10,17H,4,11-16H2,1-2H3,(H,25,31)(H,26,30)(H,27,32). The summed E-state index contributed by atoms with van der Waals surface area (Å²) in [4.78, 5) is 40.1. The minimum absolute atomic E-state index is 0.210. The first-order chi connectivity index (χ1) is 15.9. The summed E-state index contributed by atoms with van der Waals surface area (Å²) in [5.41, 5.74) is 2.18. The summed E-state index contributed by atoms with van der Waals surface area (Å²) >= 11 is 0. The Kier molecular flexibility index (Phi) is 8.65. The third-order valence-electron chi connectivity index (χ3n) is 5.39. The van der Waals surface area contributed by atoms with Crippen molar-refractivity contribution in [3.05, 3.63) is 48.5 Å². The molecule has 9 heteroatoms. The number of nitrogens with one attached hydrogen (secondary N) is 3. The molecule has 0 spiro atoms. The lowest BCUT2D eigenvalue weighted by molar-refractivity contribution is -0.136. The van der Waals surface area contributed by atoms with E-state index in [1.54, 1.807) is 31.4 Å². The number of benzene rings is 2. The molecule has 1 fully saturated rings. The van der Waals surface area contributed by atoms with Gasteiger partial charge in [-0.2, -0.15) is 0 Å². The molecule has 2 aromatic rings. The van der Waals surface area contributed by atoms with Gasteiger partial charge >= 0.3 is 11.8 Å². The molecule has 0 radical (unpaired) electrons. The molecule has 0 aromatic heterocycles. The van der Waals surface area contributed by atoms with Gasteiger partial charge in [0.2, 0.25) is 5.91 Å². The molecule has 0 bridgehead atoms. The van der Waals surface area contributed by atoms with Crippen molar-refractivity contribution in [2.24, 2.45) is 0 Å². The van der Waals surface area contributed by atoms with Crippen LogP contribution in [0.1, 0.15) is 13.3 Å². The maximum absolute atomic E-state index is 12.1. The number of nitrogens with zero attached hydrogens (tertiary/aromatic N) is 2. The van der Waals surface area contributed by atoms with E-state index in [4.69, 9.17) is 4.74 Å². The molecule has 0 atom stereocenters. The molecule has 3 rings (SSSR count). The molecule has 3 amide bonds. The zero-order valence-corrected chi connectivity index (χ0v) is 19.1. The zero-order valence-electron chi connectivity index (χ0n) is 19.1. The quantitative estimate of drug-likeness (QED) is 0.417. The molecular weight excluding hydrogens is 422 g/mol. The number of hydrogen-bond acceptors (Lipinski definition) is 6. The summed E-state index contributed by atoms with van der Waals surface area (Å²) in [6.45, 7) is 6.47. The van der Waals surface area contributed by atoms with Crippen LogP contribution < -0.4 is 25.6 Å². The predicted molar refractivity (Wildman–Crippen MR) is 129 cm³/mol. The first kappa shape index (κ1) is 24.1. The van der Waals surface area contributed by atoms with Crippen molar-refractivity contribution < 1.29 is 19.1 Å². The topological polar surface area (TPSA) is 103 Å². The SMILES string of the molecule is COc1ccc(N2CCN(CCCNC(=O)C(=O)Nc3cccc(NC(C)=O)c3)CC2)cc1. The molecule has 0 saturated carbocycles. The van der Waals surface area contributed by atoms with Crippen molar-refractivity contribution in [1.82, 2.24) is 10.2 Å². The minimum atomic E-state index is -0.733. The Morgan fingerprint density at radius 1 is 0.909 bits per heavy atom. The van der Waals surface area contributed by atoms with Crippen LogP contribution in [0.5, 0.6) is 5.75 Å². The number of anilines is 3. The number of methoxy groups -OCH3 is 1. The first-order valence-corrected chi connectivity index (χ1v) is 11.0. The van der Waals surface area contributed by atoms with Crippen LogP contribution in [0.25, 0.3) is 0 Å². The number of carbonyl (C=O) groups excluding carboxylic acids is 3. The lowest BCUT2D eigenvalue weighted by Gasteiger charge is -2.36. The summed E-state index contributed by atoms with van der Waals surface area (Å²) < 4.78 is 5.21. The van der Waals surface area contributed by atoms with Gasteiger partial charge < -0.3 is 25.6 Å². The van der Waals surface area contributed by atoms with E-state index in [1.807, 2.05) is 12.1 Å². The fraction of sp³-hybridized carbons (Fsp3) is 0.375. The first-order valence-electron chi connectivity index (χ1n) is 11.0. The van der Waals surface area contributed by atoms with E-state index >= 15 is 0 Å². The van der Waals surface area contributed by atoms with Crippen LogP contribution in [-0.4, -0.2) is 69.0 Å². The molecule has 9 nitrogen and oxygen atoms in total. The summed E-state index contributed by atoms with van der Waals surface area (Å²) in [5, 5.41) is 7.85. The highest BCUT2D eigenvalue weighted by Crippen LogP contribution is 2.20. The second-order valence-corrected chi connectivity index (χ2v) is 7.85. The highest BCUT2D eigenvalue weighted by molar-refractivity contribution is 6.39. The average Bonchev–Trinajstić information content (AvgIpc) is 2.82. The maximum Gasteiger partial charge on any atom is 0.313 e. The molecular formula is C24H31N5O4. The monoisotopic (exact) mass is 453 g/mol. The van der Waals surface area contributed by atoms with Gasteiger partial charge in [0.15, 0.2) is 0 Å². The number of carbonyl (C=O) groups is 3. The van der Waals surface area contributed by atoms with Crippen LogP contribution in [0.15, 0.2) is 48.5 Å². The Labute approximate surface area is 194 Å². The lowest BCUT2D eigenvalue weighted by Crippen LogP contribution is -2.47. The van der Waals surface area contributed by atoms with Gasteiger partial charge in [-0.05, 0) is 55.4 Å². The van der Waals surface area contributed by atoms with E-state index in [-0.39, 0.29) is 5.91 Å².